The Morgan fingerprint density at radius 2 is 1.83 bits per heavy atom. The zero-order valence-electron chi connectivity index (χ0n) is 16.5. The van der Waals surface area contributed by atoms with Crippen LogP contribution in [0.3, 0.4) is 0 Å². The third-order valence-electron chi connectivity index (χ3n) is 4.60. The highest BCUT2D eigenvalue weighted by Gasteiger charge is 2.28. The Morgan fingerprint density at radius 3 is 2.48 bits per heavy atom. The molecule has 9 heteroatoms. The van der Waals surface area contributed by atoms with Gasteiger partial charge in [-0.05, 0) is 31.2 Å². The highest BCUT2D eigenvalue weighted by molar-refractivity contribution is 5.91. The van der Waals surface area contributed by atoms with Gasteiger partial charge in [-0.15, -0.1) is 0 Å². The fourth-order valence-corrected chi connectivity index (χ4v) is 2.75. The predicted octanol–water partition coefficient (Wildman–Crippen LogP) is -0.535. The van der Waals surface area contributed by atoms with Crippen molar-refractivity contribution in [3.63, 3.8) is 0 Å². The van der Waals surface area contributed by atoms with E-state index in [0.717, 1.165) is 18.4 Å². The molecule has 29 heavy (non-hydrogen) atoms. The minimum Gasteiger partial charge on any atom is -0.358 e. The summed E-state index contributed by atoms with van der Waals surface area (Å²) >= 11 is 0. The lowest BCUT2D eigenvalue weighted by molar-refractivity contribution is -0.130. The van der Waals surface area contributed by atoms with Crippen LogP contribution in [-0.4, -0.2) is 56.1 Å². The van der Waals surface area contributed by atoms with Crippen LogP contribution in [0.4, 0.5) is 0 Å². The van der Waals surface area contributed by atoms with Gasteiger partial charge in [-0.25, -0.2) is 0 Å². The normalized spacial score (nSPS) is 14.9. The zero-order valence-corrected chi connectivity index (χ0v) is 16.5. The van der Waals surface area contributed by atoms with Crippen LogP contribution < -0.4 is 21.3 Å². The average Bonchev–Trinajstić information content (AvgIpc) is 3.56. The van der Waals surface area contributed by atoms with E-state index in [-0.39, 0.29) is 38.3 Å². The molecule has 1 aliphatic carbocycles. The largest absolute Gasteiger partial charge is 0.358 e. The van der Waals surface area contributed by atoms with E-state index in [4.69, 9.17) is 4.74 Å². The van der Waals surface area contributed by atoms with Gasteiger partial charge in [-0.1, -0.05) is 30.3 Å². The first-order valence-electron chi connectivity index (χ1n) is 9.66. The molecule has 1 aromatic rings. The van der Waals surface area contributed by atoms with Gasteiger partial charge in [0.05, 0.1) is 19.2 Å². The van der Waals surface area contributed by atoms with Crippen LogP contribution in [0.25, 0.3) is 0 Å². The van der Waals surface area contributed by atoms with Crippen molar-refractivity contribution in [3.8, 4) is 0 Å². The molecule has 0 aliphatic heterocycles. The minimum absolute atomic E-state index is 0.0912. The van der Waals surface area contributed by atoms with Crippen molar-refractivity contribution < 1.29 is 23.9 Å². The summed E-state index contributed by atoms with van der Waals surface area (Å²) in [6.07, 6.45) is 3.07. The summed E-state index contributed by atoms with van der Waals surface area (Å²) < 4.78 is 5.52. The summed E-state index contributed by atoms with van der Waals surface area (Å²) in [7, 11) is 0. The molecule has 2 atom stereocenters. The molecule has 9 nitrogen and oxygen atoms in total. The Balaban J connectivity index is 1.80. The Bertz CT molecular complexity index is 693. The Kier molecular flexibility index (Phi) is 9.10. The average molecular weight is 404 g/mol. The summed E-state index contributed by atoms with van der Waals surface area (Å²) in [5.74, 6) is -0.799. The maximum Gasteiger partial charge on any atom is 0.243 e. The molecule has 0 aromatic heterocycles. The van der Waals surface area contributed by atoms with Crippen LogP contribution in [0.2, 0.25) is 0 Å². The van der Waals surface area contributed by atoms with Gasteiger partial charge in [0.1, 0.15) is 12.8 Å². The van der Waals surface area contributed by atoms with Crippen molar-refractivity contribution in [2.45, 2.75) is 38.3 Å². The van der Waals surface area contributed by atoms with Crippen molar-refractivity contribution in [2.24, 2.45) is 5.92 Å². The Labute approximate surface area is 169 Å². The standard InChI is InChI=1S/C20H28N4O5/c1-14(16-7-8-16)29-13-23-18(26)11-22-20(28)17(24-19(27)10-21-12-25)9-15-5-3-2-4-6-15/h2-6,12,14,16-17H,7-11,13H2,1H3,(H,21,25)(H,22,28)(H,23,26)(H,24,27). The monoisotopic (exact) mass is 404 g/mol. The number of carbonyl (C=O) groups excluding carboxylic acids is 4. The maximum absolute atomic E-state index is 12.5. The first kappa shape index (κ1) is 22.4. The summed E-state index contributed by atoms with van der Waals surface area (Å²) in [5.41, 5.74) is 0.850. The van der Waals surface area contributed by atoms with Crippen molar-refractivity contribution in [1.82, 2.24) is 21.3 Å². The second-order valence-corrected chi connectivity index (χ2v) is 6.98. The molecular formula is C20H28N4O5. The van der Waals surface area contributed by atoms with Gasteiger partial charge in [0.25, 0.3) is 0 Å². The fourth-order valence-electron chi connectivity index (χ4n) is 2.75. The SMILES string of the molecule is CC(OCNC(=O)CNC(=O)C(Cc1ccccc1)NC(=O)CNC=O)C1CC1. The van der Waals surface area contributed by atoms with Gasteiger partial charge in [0, 0.05) is 6.42 Å². The quantitative estimate of drug-likeness (QED) is 0.260. The van der Waals surface area contributed by atoms with Crippen LogP contribution >= 0.6 is 0 Å². The van der Waals surface area contributed by atoms with E-state index in [0.29, 0.717) is 12.3 Å². The molecule has 0 spiro atoms. The highest BCUT2D eigenvalue weighted by Crippen LogP contribution is 2.33. The van der Waals surface area contributed by atoms with Crippen LogP contribution in [-0.2, 0) is 30.3 Å². The lowest BCUT2D eigenvalue weighted by Gasteiger charge is -2.19. The van der Waals surface area contributed by atoms with E-state index < -0.39 is 17.9 Å². The molecule has 1 fully saturated rings. The number of carbonyl (C=O) groups is 4. The van der Waals surface area contributed by atoms with E-state index in [9.17, 15) is 19.2 Å². The molecule has 2 unspecified atom stereocenters. The maximum atomic E-state index is 12.5. The lowest BCUT2D eigenvalue weighted by atomic mass is 10.1. The van der Waals surface area contributed by atoms with Crippen molar-refractivity contribution in [2.75, 3.05) is 19.8 Å². The number of hydrogen-bond donors (Lipinski definition) is 4. The highest BCUT2D eigenvalue weighted by atomic mass is 16.5. The van der Waals surface area contributed by atoms with Crippen molar-refractivity contribution in [3.05, 3.63) is 35.9 Å². The second-order valence-electron chi connectivity index (χ2n) is 6.98. The van der Waals surface area contributed by atoms with Gasteiger partial charge in [0.15, 0.2) is 0 Å². The molecule has 4 N–H and O–H groups in total. The van der Waals surface area contributed by atoms with E-state index in [1.807, 2.05) is 37.3 Å². The molecule has 0 saturated heterocycles. The number of benzene rings is 1. The second kappa shape index (κ2) is 11.8. The number of amides is 4. The van der Waals surface area contributed by atoms with Gasteiger partial charge >= 0.3 is 0 Å². The minimum atomic E-state index is -0.878. The third kappa shape index (κ3) is 8.73. The van der Waals surface area contributed by atoms with Gasteiger partial charge in [0.2, 0.25) is 24.1 Å². The molecule has 2 rings (SSSR count). The molecule has 1 aromatic carbocycles. The molecule has 1 aliphatic rings. The van der Waals surface area contributed by atoms with E-state index >= 15 is 0 Å². The van der Waals surface area contributed by atoms with Crippen LogP contribution in [0.15, 0.2) is 30.3 Å². The van der Waals surface area contributed by atoms with Crippen LogP contribution in [0.5, 0.6) is 0 Å². The van der Waals surface area contributed by atoms with Gasteiger partial charge in [-0.2, -0.15) is 0 Å². The number of rotatable bonds is 13. The molecule has 0 radical (unpaired) electrons. The lowest BCUT2D eigenvalue weighted by Crippen LogP contribution is -2.51. The summed E-state index contributed by atoms with van der Waals surface area (Å²) in [6, 6.07) is 8.30. The van der Waals surface area contributed by atoms with E-state index in [1.54, 1.807) is 0 Å². The molecule has 0 bridgehead atoms. The zero-order chi connectivity index (χ0) is 21.1. The Hall–Kier alpha value is -2.94. The predicted molar refractivity (Wildman–Crippen MR) is 105 cm³/mol. The van der Waals surface area contributed by atoms with E-state index in [2.05, 4.69) is 21.3 Å². The van der Waals surface area contributed by atoms with E-state index in [1.165, 1.54) is 0 Å². The number of ether oxygens (including phenoxy) is 1. The first-order chi connectivity index (χ1) is 14.0. The molecular weight excluding hydrogens is 376 g/mol. The molecule has 4 amide bonds. The first-order valence-corrected chi connectivity index (χ1v) is 9.66. The van der Waals surface area contributed by atoms with Crippen molar-refractivity contribution in [1.29, 1.82) is 0 Å². The van der Waals surface area contributed by atoms with Gasteiger partial charge in [-0.3, -0.25) is 19.2 Å². The molecule has 0 heterocycles. The van der Waals surface area contributed by atoms with Crippen molar-refractivity contribution >= 4 is 24.1 Å². The summed E-state index contributed by atoms with van der Waals surface area (Å²) in [6.45, 7) is 1.60. The topological polar surface area (TPSA) is 126 Å². The number of hydrogen-bond acceptors (Lipinski definition) is 5. The third-order valence-corrected chi connectivity index (χ3v) is 4.60. The molecule has 1 saturated carbocycles. The van der Waals surface area contributed by atoms with Gasteiger partial charge < -0.3 is 26.0 Å². The smallest absolute Gasteiger partial charge is 0.243 e. The summed E-state index contributed by atoms with van der Waals surface area (Å²) in [4.78, 5) is 46.7. The van der Waals surface area contributed by atoms with Crippen LogP contribution in [0.1, 0.15) is 25.3 Å². The number of nitrogens with one attached hydrogen (secondary N) is 4. The Morgan fingerprint density at radius 1 is 1.10 bits per heavy atom. The fraction of sp³-hybridized carbons (Fsp3) is 0.500. The molecule has 158 valence electrons. The van der Waals surface area contributed by atoms with Crippen LogP contribution in [0, 0.1) is 5.92 Å². The summed E-state index contributed by atoms with van der Waals surface area (Å²) in [5, 5.41) is 9.94.